The van der Waals surface area contributed by atoms with Crippen molar-refractivity contribution in [1.82, 2.24) is 0 Å². The molecule has 0 N–H and O–H groups in total. The van der Waals surface area contributed by atoms with Crippen molar-refractivity contribution in [3.05, 3.63) is 29.8 Å². The summed E-state index contributed by atoms with van der Waals surface area (Å²) in [6, 6.07) is 7.54. The third-order valence-corrected chi connectivity index (χ3v) is 2.49. The van der Waals surface area contributed by atoms with Crippen molar-refractivity contribution in [2.24, 2.45) is 0 Å². The van der Waals surface area contributed by atoms with Crippen molar-refractivity contribution in [2.45, 2.75) is 0 Å². The Morgan fingerprint density at radius 1 is 1.40 bits per heavy atom. The van der Waals surface area contributed by atoms with E-state index in [1.807, 2.05) is 18.2 Å². The van der Waals surface area contributed by atoms with Crippen LogP contribution in [0.5, 0.6) is 0 Å². The van der Waals surface area contributed by atoms with Crippen molar-refractivity contribution in [1.29, 1.82) is 0 Å². The van der Waals surface area contributed by atoms with Gasteiger partial charge in [-0.15, -0.1) is 12.6 Å². The quantitative estimate of drug-likeness (QED) is 0.452. The highest BCUT2D eigenvalue weighted by molar-refractivity contribution is 7.97. The second kappa shape index (κ2) is 3.03. The molecule has 52 valence electrons. The molecule has 0 aromatic heterocycles. The third kappa shape index (κ3) is 1.49. The van der Waals surface area contributed by atoms with Crippen LogP contribution >= 0.6 is 12.6 Å². The Hall–Kier alpha value is -0.543. The lowest BCUT2D eigenvalue weighted by atomic mass is 10.2. The molecule has 1 nitrogen and oxygen atoms in total. The molecule has 0 amide bonds. The van der Waals surface area contributed by atoms with E-state index in [9.17, 15) is 4.79 Å². The Morgan fingerprint density at radius 2 is 2.00 bits per heavy atom. The number of thiol groups is 1. The molecule has 0 spiro atoms. The number of carbonyl (C=O) groups is 1. The second-order valence-corrected chi connectivity index (χ2v) is 3.60. The molecule has 0 radical (unpaired) electrons. The molecule has 0 aliphatic heterocycles. The predicted octanol–water partition coefficient (Wildman–Crippen LogP) is -0.253. The number of hydrogen-bond donors (Lipinski definition) is 1. The second-order valence-electron chi connectivity index (χ2n) is 2.12. The van der Waals surface area contributed by atoms with Crippen LogP contribution in [0.15, 0.2) is 24.3 Å². The van der Waals surface area contributed by atoms with E-state index < -0.39 is 0 Å². The minimum atomic E-state index is -0.134. The van der Waals surface area contributed by atoms with Crippen molar-refractivity contribution >= 4 is 33.2 Å². The van der Waals surface area contributed by atoms with Crippen molar-refractivity contribution in [2.75, 3.05) is 0 Å². The van der Waals surface area contributed by atoms with E-state index in [-0.39, 0.29) is 5.12 Å². The predicted molar refractivity (Wildman–Crippen MR) is 49.3 cm³/mol. The standard InChI is InChI=1S/C7H8OSSi/c8-7(9)5-3-1-2-4-6(5)10/h1-4H,10H3,(H,8,9). The molecule has 0 fully saturated rings. The molecule has 10 heavy (non-hydrogen) atoms. The highest BCUT2D eigenvalue weighted by Crippen LogP contribution is 1.97. The lowest BCUT2D eigenvalue weighted by molar-refractivity contribution is 0.109. The molecular formula is C7H8OSSi. The lowest BCUT2D eigenvalue weighted by Gasteiger charge is -1.97. The Bertz CT molecular complexity index is 260. The first-order valence-corrected chi connectivity index (χ1v) is 4.45. The summed E-state index contributed by atoms with van der Waals surface area (Å²) in [6.07, 6.45) is 0. The summed E-state index contributed by atoms with van der Waals surface area (Å²) in [5.41, 5.74) is 0.748. The van der Waals surface area contributed by atoms with Crippen LogP contribution in [-0.2, 0) is 0 Å². The van der Waals surface area contributed by atoms with E-state index in [2.05, 4.69) is 12.6 Å². The van der Waals surface area contributed by atoms with Gasteiger partial charge in [0, 0.05) is 15.8 Å². The van der Waals surface area contributed by atoms with Crippen LogP contribution in [0, 0.1) is 0 Å². The molecule has 3 heteroatoms. The van der Waals surface area contributed by atoms with Gasteiger partial charge in [-0.2, -0.15) is 0 Å². The molecule has 1 aromatic rings. The summed E-state index contributed by atoms with van der Waals surface area (Å²) < 4.78 is 0. The molecule has 0 aliphatic rings. The van der Waals surface area contributed by atoms with E-state index in [4.69, 9.17) is 0 Å². The van der Waals surface area contributed by atoms with E-state index in [1.54, 1.807) is 6.07 Å². The zero-order valence-corrected chi connectivity index (χ0v) is 8.56. The summed E-state index contributed by atoms with van der Waals surface area (Å²) in [5, 5.41) is 0.980. The van der Waals surface area contributed by atoms with Gasteiger partial charge < -0.3 is 0 Å². The number of hydrogen-bond acceptors (Lipinski definition) is 1. The van der Waals surface area contributed by atoms with Crippen LogP contribution in [0.3, 0.4) is 0 Å². The summed E-state index contributed by atoms with van der Waals surface area (Å²) in [4.78, 5) is 10.8. The smallest absolute Gasteiger partial charge is 0.216 e. The molecular weight excluding hydrogens is 160 g/mol. The third-order valence-electron chi connectivity index (χ3n) is 1.38. The largest absolute Gasteiger partial charge is 0.282 e. The van der Waals surface area contributed by atoms with Gasteiger partial charge in [0.2, 0.25) is 5.12 Å². The van der Waals surface area contributed by atoms with Crippen molar-refractivity contribution in [3.63, 3.8) is 0 Å². The Morgan fingerprint density at radius 3 is 2.40 bits per heavy atom. The summed E-state index contributed by atoms with van der Waals surface area (Å²) >= 11 is 3.74. The number of carbonyl (C=O) groups excluding carboxylic acids is 1. The van der Waals surface area contributed by atoms with Gasteiger partial charge in [-0.25, -0.2) is 0 Å². The van der Waals surface area contributed by atoms with Gasteiger partial charge in [0.05, 0.1) is 0 Å². The zero-order valence-electron chi connectivity index (χ0n) is 5.66. The molecule has 1 rings (SSSR count). The highest BCUT2D eigenvalue weighted by Gasteiger charge is 2.00. The van der Waals surface area contributed by atoms with Crippen LogP contribution in [0.25, 0.3) is 0 Å². The van der Waals surface area contributed by atoms with Crippen LogP contribution in [-0.4, -0.2) is 15.4 Å². The molecule has 0 bridgehead atoms. The average Bonchev–Trinajstić information content (AvgIpc) is 1.88. The molecule has 0 saturated heterocycles. The summed E-state index contributed by atoms with van der Waals surface area (Å²) in [5.74, 6) is 0. The monoisotopic (exact) mass is 168 g/mol. The fourth-order valence-corrected chi connectivity index (χ4v) is 1.86. The minimum Gasteiger partial charge on any atom is -0.282 e. The maximum atomic E-state index is 10.8. The number of benzene rings is 1. The van der Waals surface area contributed by atoms with E-state index >= 15 is 0 Å². The molecule has 0 aliphatic carbocycles. The van der Waals surface area contributed by atoms with E-state index in [0.29, 0.717) is 0 Å². The Balaban J connectivity index is 3.15. The fraction of sp³-hybridized carbons (Fsp3) is 0. The topological polar surface area (TPSA) is 17.1 Å². The van der Waals surface area contributed by atoms with Gasteiger partial charge in [-0.1, -0.05) is 29.5 Å². The van der Waals surface area contributed by atoms with Gasteiger partial charge in [0.25, 0.3) is 0 Å². The Kier molecular flexibility index (Phi) is 2.29. The molecule has 0 unspecified atom stereocenters. The fourth-order valence-electron chi connectivity index (χ4n) is 0.813. The lowest BCUT2D eigenvalue weighted by Crippen LogP contribution is -2.11. The SMILES string of the molecule is O=C(S)c1ccccc1[SiH3]. The van der Waals surface area contributed by atoms with E-state index in [1.165, 1.54) is 0 Å². The first-order valence-electron chi connectivity index (χ1n) is 3.01. The van der Waals surface area contributed by atoms with Gasteiger partial charge in [-0.05, 0) is 0 Å². The first-order chi connectivity index (χ1) is 4.72. The van der Waals surface area contributed by atoms with Gasteiger partial charge in [0.1, 0.15) is 0 Å². The van der Waals surface area contributed by atoms with Crippen molar-refractivity contribution in [3.8, 4) is 0 Å². The van der Waals surface area contributed by atoms with Crippen LogP contribution in [0.2, 0.25) is 0 Å². The molecule has 0 atom stereocenters. The van der Waals surface area contributed by atoms with Gasteiger partial charge >= 0.3 is 0 Å². The van der Waals surface area contributed by atoms with Crippen molar-refractivity contribution < 1.29 is 4.79 Å². The summed E-state index contributed by atoms with van der Waals surface area (Å²) in [7, 11) is 0.904. The number of rotatable bonds is 1. The van der Waals surface area contributed by atoms with E-state index in [0.717, 1.165) is 21.0 Å². The Labute approximate surface area is 68.3 Å². The van der Waals surface area contributed by atoms with Crippen LogP contribution in [0.4, 0.5) is 0 Å². The normalized spacial score (nSPS) is 9.70. The minimum absolute atomic E-state index is 0.134. The maximum Gasteiger partial charge on any atom is 0.216 e. The first kappa shape index (κ1) is 7.56. The highest BCUT2D eigenvalue weighted by atomic mass is 32.1. The molecule has 0 saturated carbocycles. The van der Waals surface area contributed by atoms with Crippen LogP contribution in [0.1, 0.15) is 10.4 Å². The summed E-state index contributed by atoms with van der Waals surface area (Å²) in [6.45, 7) is 0. The zero-order chi connectivity index (χ0) is 7.56. The van der Waals surface area contributed by atoms with Gasteiger partial charge in [-0.3, -0.25) is 4.79 Å². The van der Waals surface area contributed by atoms with Crippen LogP contribution < -0.4 is 5.19 Å². The van der Waals surface area contributed by atoms with Gasteiger partial charge in [0.15, 0.2) is 0 Å². The molecule has 0 heterocycles. The molecule has 1 aromatic carbocycles. The maximum absolute atomic E-state index is 10.8. The average molecular weight is 168 g/mol.